The molecule has 0 amide bonds. The molecule has 1 aromatic rings. The number of hydrogen-bond donors (Lipinski definition) is 1. The lowest BCUT2D eigenvalue weighted by Crippen LogP contribution is -2.27. The van der Waals surface area contributed by atoms with Crippen molar-refractivity contribution in [1.29, 1.82) is 0 Å². The van der Waals surface area contributed by atoms with Gasteiger partial charge in [-0.25, -0.2) is 14.8 Å². The Morgan fingerprint density at radius 3 is 2.76 bits per heavy atom. The summed E-state index contributed by atoms with van der Waals surface area (Å²) in [6, 6.07) is 0.374. The zero-order chi connectivity index (χ0) is 15.2. The van der Waals surface area contributed by atoms with Gasteiger partial charge in [0.05, 0.1) is 6.61 Å². The van der Waals surface area contributed by atoms with E-state index in [0.29, 0.717) is 29.2 Å². The van der Waals surface area contributed by atoms with E-state index >= 15 is 0 Å². The Bertz CT molecular complexity index is 488. The van der Waals surface area contributed by atoms with Gasteiger partial charge in [-0.05, 0) is 44.8 Å². The molecule has 0 bridgehead atoms. The molecular formula is C15H23N3O2S. The molecule has 5 nitrogen and oxygen atoms in total. The third-order valence-electron chi connectivity index (χ3n) is 3.80. The maximum Gasteiger partial charge on any atom is 0.343 e. The Balaban J connectivity index is 2.16. The predicted octanol–water partition coefficient (Wildman–Crippen LogP) is 3.37. The van der Waals surface area contributed by atoms with Crippen molar-refractivity contribution in [2.75, 3.05) is 18.2 Å². The van der Waals surface area contributed by atoms with Crippen molar-refractivity contribution in [3.63, 3.8) is 0 Å². The molecule has 1 fully saturated rings. The lowest BCUT2D eigenvalue weighted by Gasteiger charge is -2.27. The number of carbonyl (C=O) groups is 1. The van der Waals surface area contributed by atoms with Crippen LogP contribution in [-0.2, 0) is 4.74 Å². The summed E-state index contributed by atoms with van der Waals surface area (Å²) in [6.45, 7) is 4.44. The minimum Gasteiger partial charge on any atom is -0.462 e. The molecule has 1 aliphatic rings. The summed E-state index contributed by atoms with van der Waals surface area (Å²) in [5.41, 5.74) is 0.424. The predicted molar refractivity (Wildman–Crippen MR) is 84.8 cm³/mol. The van der Waals surface area contributed by atoms with Crippen molar-refractivity contribution < 1.29 is 9.53 Å². The van der Waals surface area contributed by atoms with Crippen molar-refractivity contribution in [2.45, 2.75) is 50.7 Å². The monoisotopic (exact) mass is 309 g/mol. The summed E-state index contributed by atoms with van der Waals surface area (Å²) in [6.07, 6.45) is 8.14. The van der Waals surface area contributed by atoms with E-state index in [0.717, 1.165) is 18.8 Å². The molecule has 6 heteroatoms. The molecule has 1 N–H and O–H groups in total. The average molecular weight is 309 g/mol. The zero-order valence-electron chi connectivity index (χ0n) is 12.9. The number of ether oxygens (including phenoxy) is 1. The Kier molecular flexibility index (Phi) is 5.85. The lowest BCUT2D eigenvalue weighted by atomic mass is 9.87. The van der Waals surface area contributed by atoms with Gasteiger partial charge in [-0.3, -0.25) is 0 Å². The van der Waals surface area contributed by atoms with Crippen LogP contribution in [0.4, 0.5) is 5.82 Å². The van der Waals surface area contributed by atoms with Crippen molar-refractivity contribution in [3.8, 4) is 0 Å². The maximum absolute atomic E-state index is 12.0. The summed E-state index contributed by atoms with van der Waals surface area (Å²) in [5, 5.41) is 4.08. The van der Waals surface area contributed by atoms with Crippen LogP contribution in [0.2, 0.25) is 0 Å². The second-order valence-electron chi connectivity index (χ2n) is 5.44. The summed E-state index contributed by atoms with van der Waals surface area (Å²) < 4.78 is 5.08. The number of nitrogens with zero attached hydrogens (tertiary/aromatic N) is 2. The molecule has 1 heterocycles. The first-order chi connectivity index (χ1) is 10.1. The molecule has 0 unspecified atom stereocenters. The third-order valence-corrected chi connectivity index (χ3v) is 4.36. The summed E-state index contributed by atoms with van der Waals surface area (Å²) in [5.74, 6) is 1.03. The highest BCUT2D eigenvalue weighted by Gasteiger charge is 2.22. The Labute approximate surface area is 130 Å². The quantitative estimate of drug-likeness (QED) is 0.511. The smallest absolute Gasteiger partial charge is 0.343 e. The number of thioether (sulfide) groups is 1. The summed E-state index contributed by atoms with van der Waals surface area (Å²) >= 11 is 1.46. The van der Waals surface area contributed by atoms with Gasteiger partial charge in [-0.2, -0.15) is 0 Å². The molecule has 0 spiro atoms. The number of nitrogens with one attached hydrogen (secondary N) is 1. The first-order valence-electron chi connectivity index (χ1n) is 7.48. The van der Waals surface area contributed by atoms with Gasteiger partial charge in [0, 0.05) is 12.2 Å². The Morgan fingerprint density at radius 1 is 1.43 bits per heavy atom. The van der Waals surface area contributed by atoms with Crippen LogP contribution in [0.25, 0.3) is 0 Å². The second-order valence-corrected chi connectivity index (χ2v) is 6.21. The standard InChI is InChI=1S/C15H23N3O2S/c1-4-20-14(19)12-9-16-15(21-3)18-13(12)17-11-7-5-10(2)6-8-11/h9-11H,4-8H2,1-3H3,(H,16,17,18)/t10-,11-. The normalized spacial score (nSPS) is 21.9. The van der Waals surface area contributed by atoms with E-state index in [1.165, 1.54) is 24.6 Å². The number of carbonyl (C=O) groups excluding carboxylic acids is 1. The van der Waals surface area contributed by atoms with Gasteiger partial charge >= 0.3 is 5.97 Å². The number of aromatic nitrogens is 2. The van der Waals surface area contributed by atoms with Crippen LogP contribution < -0.4 is 5.32 Å². The first kappa shape index (κ1) is 16.1. The molecule has 116 valence electrons. The Hall–Kier alpha value is -1.30. The van der Waals surface area contributed by atoms with Crippen LogP contribution in [-0.4, -0.2) is 34.8 Å². The third kappa shape index (κ3) is 4.33. The second kappa shape index (κ2) is 7.64. The van der Waals surface area contributed by atoms with E-state index in [1.807, 2.05) is 6.26 Å². The average Bonchev–Trinajstić information content (AvgIpc) is 2.49. The van der Waals surface area contributed by atoms with E-state index in [1.54, 1.807) is 13.1 Å². The molecule has 0 saturated heterocycles. The van der Waals surface area contributed by atoms with Gasteiger partial charge in [0.1, 0.15) is 11.4 Å². The van der Waals surface area contributed by atoms with E-state index < -0.39 is 0 Å². The van der Waals surface area contributed by atoms with E-state index in [2.05, 4.69) is 22.2 Å². The fourth-order valence-corrected chi connectivity index (χ4v) is 2.87. The van der Waals surface area contributed by atoms with Gasteiger partial charge in [0.2, 0.25) is 0 Å². The van der Waals surface area contributed by atoms with E-state index in [4.69, 9.17) is 4.74 Å². The van der Waals surface area contributed by atoms with Crippen molar-refractivity contribution >= 4 is 23.5 Å². The van der Waals surface area contributed by atoms with Crippen molar-refractivity contribution in [1.82, 2.24) is 9.97 Å². The maximum atomic E-state index is 12.0. The SMILES string of the molecule is CCOC(=O)c1cnc(SC)nc1N[C@H]1CC[C@H](C)CC1. The molecule has 1 aromatic heterocycles. The van der Waals surface area contributed by atoms with Crippen molar-refractivity contribution in [2.24, 2.45) is 5.92 Å². The van der Waals surface area contributed by atoms with Crippen LogP contribution in [0, 0.1) is 5.92 Å². The van der Waals surface area contributed by atoms with Gasteiger partial charge < -0.3 is 10.1 Å². The molecule has 21 heavy (non-hydrogen) atoms. The number of anilines is 1. The van der Waals surface area contributed by atoms with Crippen molar-refractivity contribution in [3.05, 3.63) is 11.8 Å². The highest BCUT2D eigenvalue weighted by atomic mass is 32.2. The number of esters is 1. The highest BCUT2D eigenvalue weighted by molar-refractivity contribution is 7.98. The van der Waals surface area contributed by atoms with Gasteiger partial charge in [0.15, 0.2) is 5.16 Å². The fraction of sp³-hybridized carbons (Fsp3) is 0.667. The molecule has 0 aliphatic heterocycles. The van der Waals surface area contributed by atoms with Gasteiger partial charge in [-0.1, -0.05) is 18.7 Å². The summed E-state index contributed by atoms with van der Waals surface area (Å²) in [7, 11) is 0. The molecule has 0 radical (unpaired) electrons. The molecule has 1 saturated carbocycles. The van der Waals surface area contributed by atoms with E-state index in [9.17, 15) is 4.79 Å². The van der Waals surface area contributed by atoms with Crippen LogP contribution in [0.1, 0.15) is 49.9 Å². The van der Waals surface area contributed by atoms with Gasteiger partial charge in [-0.15, -0.1) is 0 Å². The minimum absolute atomic E-state index is 0.351. The minimum atomic E-state index is -0.364. The number of hydrogen-bond acceptors (Lipinski definition) is 6. The van der Waals surface area contributed by atoms with Gasteiger partial charge in [0.25, 0.3) is 0 Å². The zero-order valence-corrected chi connectivity index (χ0v) is 13.7. The first-order valence-corrected chi connectivity index (χ1v) is 8.71. The highest BCUT2D eigenvalue weighted by Crippen LogP contribution is 2.27. The Morgan fingerprint density at radius 2 is 2.14 bits per heavy atom. The molecular weight excluding hydrogens is 286 g/mol. The van der Waals surface area contributed by atoms with Crippen LogP contribution in [0.3, 0.4) is 0 Å². The van der Waals surface area contributed by atoms with Crippen LogP contribution >= 0.6 is 11.8 Å². The molecule has 0 atom stereocenters. The molecule has 2 rings (SSSR count). The lowest BCUT2D eigenvalue weighted by molar-refractivity contribution is 0.0526. The summed E-state index contributed by atoms with van der Waals surface area (Å²) in [4.78, 5) is 20.6. The number of rotatable bonds is 5. The van der Waals surface area contributed by atoms with E-state index in [-0.39, 0.29) is 5.97 Å². The van der Waals surface area contributed by atoms with Crippen LogP contribution in [0.5, 0.6) is 0 Å². The molecule has 0 aromatic carbocycles. The topological polar surface area (TPSA) is 64.1 Å². The fourth-order valence-electron chi connectivity index (χ4n) is 2.53. The van der Waals surface area contributed by atoms with Crippen LogP contribution in [0.15, 0.2) is 11.4 Å². The largest absolute Gasteiger partial charge is 0.462 e. The molecule has 1 aliphatic carbocycles.